The molecule has 0 aromatic heterocycles. The number of rotatable bonds is 12. The second kappa shape index (κ2) is 14.2. The van der Waals surface area contributed by atoms with Gasteiger partial charge in [-0.1, -0.05) is 72.8 Å². The molecular weight excluding hydrogens is 482 g/mol. The highest BCUT2D eigenvalue weighted by atomic mass is 16.3. The van der Waals surface area contributed by atoms with Crippen molar-refractivity contribution in [1.82, 2.24) is 10.2 Å². The molecule has 3 rings (SSSR count). The fraction of sp³-hybridized carbons (Fsp3) is 0.241. The number of phenols is 1. The van der Waals surface area contributed by atoms with E-state index in [2.05, 4.69) is 10.3 Å². The second-order valence-electron chi connectivity index (χ2n) is 8.83. The first-order chi connectivity index (χ1) is 18.3. The summed E-state index contributed by atoms with van der Waals surface area (Å²) in [6, 6.07) is 23.5. The van der Waals surface area contributed by atoms with Crippen LogP contribution in [-0.4, -0.2) is 46.3 Å². The highest BCUT2D eigenvalue weighted by Crippen LogP contribution is 2.16. The van der Waals surface area contributed by atoms with Crippen LogP contribution in [-0.2, 0) is 33.8 Å². The molecule has 9 nitrogen and oxygen atoms in total. The van der Waals surface area contributed by atoms with E-state index >= 15 is 0 Å². The van der Waals surface area contributed by atoms with Gasteiger partial charge in [-0.2, -0.15) is 0 Å². The Morgan fingerprint density at radius 2 is 1.37 bits per heavy atom. The van der Waals surface area contributed by atoms with Crippen LogP contribution >= 0.6 is 0 Å². The van der Waals surface area contributed by atoms with E-state index in [1.165, 1.54) is 12.1 Å². The molecule has 198 valence electrons. The number of nitrogens with one attached hydrogen (secondary N) is 1. The van der Waals surface area contributed by atoms with Gasteiger partial charge < -0.3 is 21.9 Å². The Labute approximate surface area is 222 Å². The lowest BCUT2D eigenvalue weighted by Crippen LogP contribution is -2.53. The molecule has 0 spiro atoms. The van der Waals surface area contributed by atoms with Gasteiger partial charge in [0.05, 0.1) is 12.8 Å². The molecule has 0 aliphatic heterocycles. The molecule has 9 heteroatoms. The number of aliphatic imine (C=N–C) groups is 1. The standard InChI is InChI=1S/C29H33N5O4/c30-29(31)32-16-8-15-25(28(38)33-20-23-13-7-14-24(35)17-23)34(26(36)18-21-9-3-1-4-10-21)27(37)19-22-11-5-2-6-12-22/h1-7,9-14,17,25,35H,8,15-16,18-20H2,(H,33,38)(H4,30,31,32). The number of nitrogens with two attached hydrogens (primary N) is 2. The van der Waals surface area contributed by atoms with Gasteiger partial charge in [-0.25, -0.2) is 0 Å². The fourth-order valence-corrected chi connectivity index (χ4v) is 4.04. The Morgan fingerprint density at radius 1 is 0.816 bits per heavy atom. The number of imide groups is 1. The van der Waals surface area contributed by atoms with Crippen LogP contribution in [0.4, 0.5) is 0 Å². The Kier molecular flexibility index (Phi) is 10.4. The third-order valence-corrected chi connectivity index (χ3v) is 5.86. The van der Waals surface area contributed by atoms with Gasteiger partial charge in [-0.3, -0.25) is 24.3 Å². The average Bonchev–Trinajstić information content (AvgIpc) is 2.90. The van der Waals surface area contributed by atoms with Crippen molar-refractivity contribution < 1.29 is 19.5 Å². The lowest BCUT2D eigenvalue weighted by Gasteiger charge is -2.30. The molecule has 0 aliphatic rings. The first kappa shape index (κ1) is 27.9. The van der Waals surface area contributed by atoms with Crippen LogP contribution in [0.1, 0.15) is 29.5 Å². The lowest BCUT2D eigenvalue weighted by molar-refractivity contribution is -0.151. The van der Waals surface area contributed by atoms with Gasteiger partial charge in [0.1, 0.15) is 11.8 Å². The number of carbonyl (C=O) groups is 3. The zero-order valence-corrected chi connectivity index (χ0v) is 21.1. The molecule has 0 radical (unpaired) electrons. The van der Waals surface area contributed by atoms with Crippen LogP contribution < -0.4 is 16.8 Å². The summed E-state index contributed by atoms with van der Waals surface area (Å²) in [6.45, 7) is 0.359. The molecular formula is C29H33N5O4. The van der Waals surface area contributed by atoms with Crippen LogP contribution in [0.15, 0.2) is 89.9 Å². The summed E-state index contributed by atoms with van der Waals surface area (Å²) < 4.78 is 0. The Morgan fingerprint density at radius 3 is 1.89 bits per heavy atom. The van der Waals surface area contributed by atoms with E-state index in [0.29, 0.717) is 12.0 Å². The molecule has 3 aromatic rings. The van der Waals surface area contributed by atoms with Crippen LogP contribution in [0.5, 0.6) is 5.75 Å². The maximum Gasteiger partial charge on any atom is 0.243 e. The van der Waals surface area contributed by atoms with E-state index in [4.69, 9.17) is 11.5 Å². The Hall–Kier alpha value is -4.66. The predicted molar refractivity (Wildman–Crippen MR) is 146 cm³/mol. The van der Waals surface area contributed by atoms with Crippen molar-refractivity contribution in [2.45, 2.75) is 38.3 Å². The van der Waals surface area contributed by atoms with E-state index < -0.39 is 23.8 Å². The molecule has 3 amide bonds. The maximum atomic E-state index is 13.6. The van der Waals surface area contributed by atoms with Gasteiger partial charge >= 0.3 is 0 Å². The average molecular weight is 516 g/mol. The molecule has 38 heavy (non-hydrogen) atoms. The second-order valence-corrected chi connectivity index (χ2v) is 8.83. The number of aromatic hydroxyl groups is 1. The fourth-order valence-electron chi connectivity index (χ4n) is 4.04. The normalized spacial score (nSPS) is 11.3. The van der Waals surface area contributed by atoms with Crippen molar-refractivity contribution in [3.8, 4) is 5.75 Å². The van der Waals surface area contributed by atoms with Crippen LogP contribution in [0.3, 0.4) is 0 Å². The first-order valence-electron chi connectivity index (χ1n) is 12.4. The highest BCUT2D eigenvalue weighted by Gasteiger charge is 2.34. The van der Waals surface area contributed by atoms with Gasteiger partial charge in [0.2, 0.25) is 17.7 Å². The number of hydrogen-bond acceptors (Lipinski definition) is 5. The molecule has 0 bridgehead atoms. The molecule has 0 fully saturated rings. The first-order valence-corrected chi connectivity index (χ1v) is 12.4. The quantitative estimate of drug-likeness (QED) is 0.165. The summed E-state index contributed by atoms with van der Waals surface area (Å²) >= 11 is 0. The van der Waals surface area contributed by atoms with Crippen LogP contribution in [0.2, 0.25) is 0 Å². The molecule has 0 aliphatic carbocycles. The zero-order chi connectivity index (χ0) is 27.3. The van der Waals surface area contributed by atoms with Crippen molar-refractivity contribution in [2.24, 2.45) is 16.5 Å². The lowest BCUT2D eigenvalue weighted by atomic mass is 10.0. The number of amides is 3. The van der Waals surface area contributed by atoms with Crippen LogP contribution in [0, 0.1) is 0 Å². The maximum absolute atomic E-state index is 13.6. The van der Waals surface area contributed by atoms with Gasteiger partial charge in [0, 0.05) is 13.1 Å². The topological polar surface area (TPSA) is 151 Å². The molecule has 1 atom stereocenters. The largest absolute Gasteiger partial charge is 0.508 e. The van der Waals surface area contributed by atoms with Gasteiger partial charge in [-0.05, 0) is 41.7 Å². The summed E-state index contributed by atoms with van der Waals surface area (Å²) in [5.74, 6) is -1.44. The van der Waals surface area contributed by atoms with E-state index in [9.17, 15) is 19.5 Å². The summed E-state index contributed by atoms with van der Waals surface area (Å²) in [5.41, 5.74) is 13.0. The zero-order valence-electron chi connectivity index (χ0n) is 21.1. The van der Waals surface area contributed by atoms with Gasteiger partial charge in [-0.15, -0.1) is 0 Å². The molecule has 6 N–H and O–H groups in total. The minimum absolute atomic E-state index is 0.0361. The summed E-state index contributed by atoms with van der Waals surface area (Å²) in [5, 5.41) is 12.6. The van der Waals surface area contributed by atoms with Gasteiger partial charge in [0.15, 0.2) is 5.96 Å². The SMILES string of the molecule is NC(N)=NCCCC(C(=O)NCc1cccc(O)c1)N(C(=O)Cc1ccccc1)C(=O)Cc1ccccc1. The number of nitrogens with zero attached hydrogens (tertiary/aromatic N) is 2. The Balaban J connectivity index is 1.88. The van der Waals surface area contributed by atoms with E-state index in [1.807, 2.05) is 36.4 Å². The summed E-state index contributed by atoms with van der Waals surface area (Å²) in [6.07, 6.45) is 0.469. The predicted octanol–water partition coefficient (Wildman–Crippen LogP) is 2.27. The highest BCUT2D eigenvalue weighted by molar-refractivity contribution is 6.01. The van der Waals surface area contributed by atoms with Crippen molar-refractivity contribution in [2.75, 3.05) is 6.54 Å². The smallest absolute Gasteiger partial charge is 0.243 e. The van der Waals surface area contributed by atoms with Crippen molar-refractivity contribution in [3.05, 3.63) is 102 Å². The minimum Gasteiger partial charge on any atom is -0.508 e. The van der Waals surface area contributed by atoms with Gasteiger partial charge in [0.25, 0.3) is 0 Å². The summed E-state index contributed by atoms with van der Waals surface area (Å²) in [7, 11) is 0. The minimum atomic E-state index is -1.08. The molecule has 0 saturated heterocycles. The van der Waals surface area contributed by atoms with E-state index in [0.717, 1.165) is 16.0 Å². The van der Waals surface area contributed by atoms with E-state index in [-0.39, 0.29) is 44.1 Å². The number of guanidine groups is 1. The third kappa shape index (κ3) is 8.77. The number of carbonyl (C=O) groups excluding carboxylic acids is 3. The monoisotopic (exact) mass is 515 g/mol. The Bertz CT molecular complexity index is 1190. The molecule has 0 heterocycles. The van der Waals surface area contributed by atoms with Crippen molar-refractivity contribution in [3.63, 3.8) is 0 Å². The van der Waals surface area contributed by atoms with E-state index in [1.54, 1.807) is 36.4 Å². The number of phenolic OH excluding ortho intramolecular Hbond substituents is 1. The van der Waals surface area contributed by atoms with Crippen molar-refractivity contribution >= 4 is 23.7 Å². The third-order valence-electron chi connectivity index (χ3n) is 5.86. The van der Waals surface area contributed by atoms with Crippen molar-refractivity contribution in [1.29, 1.82) is 0 Å². The molecule has 1 unspecified atom stereocenters. The van der Waals surface area contributed by atoms with Crippen LogP contribution in [0.25, 0.3) is 0 Å². The molecule has 3 aromatic carbocycles. The number of hydrogen-bond donors (Lipinski definition) is 4. The summed E-state index contributed by atoms with van der Waals surface area (Å²) in [4.78, 5) is 45.7. The number of benzene rings is 3. The molecule has 0 saturated carbocycles.